The summed E-state index contributed by atoms with van der Waals surface area (Å²) in [6.45, 7) is 2.91. The van der Waals surface area contributed by atoms with Gasteiger partial charge in [-0.2, -0.15) is 26.3 Å². The van der Waals surface area contributed by atoms with Crippen LogP contribution < -0.4 is 0 Å². The molecule has 0 spiro atoms. The van der Waals surface area contributed by atoms with E-state index in [0.29, 0.717) is 18.2 Å². The zero-order valence-electron chi connectivity index (χ0n) is 22.8. The number of halogens is 8. The first-order valence-corrected chi connectivity index (χ1v) is 14.7. The maximum Gasteiger partial charge on any atom is 0.435 e. The Labute approximate surface area is 241 Å². The number of aliphatic carboxylic acids is 1. The normalized spacial score (nSPS) is 21.8. The Kier molecular flexibility index (Phi) is 8.16. The van der Waals surface area contributed by atoms with Gasteiger partial charge in [-0.3, -0.25) is 9.59 Å². The quantitative estimate of drug-likeness (QED) is 0.371. The van der Waals surface area contributed by atoms with E-state index < -0.39 is 85.1 Å². The molecular formula is C28H27F8NO5S. The number of nitrogens with zero attached hydrogens (tertiary/aromatic N) is 1. The van der Waals surface area contributed by atoms with Gasteiger partial charge in [0.15, 0.2) is 9.84 Å². The first kappa shape index (κ1) is 32.7. The maximum absolute atomic E-state index is 14.9. The fraction of sp³-hybridized carbons (Fsp3) is 0.500. The molecule has 43 heavy (non-hydrogen) atoms. The highest BCUT2D eigenvalue weighted by molar-refractivity contribution is 7.92. The minimum atomic E-state index is -6.39. The lowest BCUT2D eigenvalue weighted by Gasteiger charge is -2.43. The molecule has 2 aromatic rings. The topological polar surface area (TPSA) is 91.8 Å². The predicted octanol–water partition coefficient (Wildman–Crippen LogP) is 6.08. The minimum Gasteiger partial charge on any atom is -0.481 e. The average molecular weight is 642 g/mol. The van der Waals surface area contributed by atoms with Crippen LogP contribution in [0.25, 0.3) is 0 Å². The van der Waals surface area contributed by atoms with Gasteiger partial charge in [0, 0.05) is 18.5 Å². The van der Waals surface area contributed by atoms with E-state index in [1.807, 2.05) is 0 Å². The number of sulfone groups is 1. The molecule has 1 aliphatic carbocycles. The van der Waals surface area contributed by atoms with Crippen LogP contribution in [0.1, 0.15) is 49.8 Å². The molecule has 3 atom stereocenters. The smallest absolute Gasteiger partial charge is 0.435 e. The molecule has 0 bridgehead atoms. The standard InChI is InChI=1S/C28H27F8NO5S/c1-15(2)20(24(39)40)14-23(38)37-11-10-25(43(41,42)19-5-3-4-18(29)13-19)21-8-7-17(12-16(21)6-9-22(25)37)26(30,27(31,32)33)28(34,35)36/h3-5,7-8,12-13,15,20,22H,6,9-11,14H2,1-2H3,(H,39,40)/t20-,22?,25?/m1/s1. The summed E-state index contributed by atoms with van der Waals surface area (Å²) in [6.07, 6.45) is -14.3. The molecule has 2 aromatic carbocycles. The first-order chi connectivity index (χ1) is 19.7. The molecule has 1 fully saturated rings. The van der Waals surface area contributed by atoms with Gasteiger partial charge in [-0.05, 0) is 54.5 Å². The molecule has 2 unspecified atom stereocenters. The number of hydrogen-bond donors (Lipinski definition) is 1. The number of benzene rings is 2. The summed E-state index contributed by atoms with van der Waals surface area (Å²) in [6, 6.07) is 3.88. The highest BCUT2D eigenvalue weighted by atomic mass is 32.2. The zero-order valence-corrected chi connectivity index (χ0v) is 23.6. The molecule has 1 N–H and O–H groups in total. The summed E-state index contributed by atoms with van der Waals surface area (Å²) >= 11 is 0. The maximum atomic E-state index is 14.9. The second-order valence-corrected chi connectivity index (χ2v) is 13.4. The Morgan fingerprint density at radius 2 is 1.65 bits per heavy atom. The molecular weight excluding hydrogens is 614 g/mol. The van der Waals surface area contributed by atoms with Crippen molar-refractivity contribution in [1.82, 2.24) is 4.90 Å². The van der Waals surface area contributed by atoms with Gasteiger partial charge in [-0.1, -0.05) is 38.1 Å². The van der Waals surface area contributed by atoms with Crippen LogP contribution in [0.5, 0.6) is 0 Å². The highest BCUT2D eigenvalue weighted by Crippen LogP contribution is 2.56. The largest absolute Gasteiger partial charge is 0.481 e. The van der Waals surface area contributed by atoms with Crippen LogP contribution in [-0.2, 0) is 36.3 Å². The third-order valence-corrected chi connectivity index (χ3v) is 11.0. The van der Waals surface area contributed by atoms with Gasteiger partial charge in [0.1, 0.15) is 10.6 Å². The summed E-state index contributed by atoms with van der Waals surface area (Å²) in [4.78, 5) is 25.8. The number of fused-ring (bicyclic) bond motifs is 3. The fourth-order valence-corrected chi connectivity index (χ4v) is 8.68. The average Bonchev–Trinajstić information content (AvgIpc) is 3.31. The zero-order chi connectivity index (χ0) is 32.3. The van der Waals surface area contributed by atoms with Crippen molar-refractivity contribution < 1.29 is 58.2 Å². The van der Waals surface area contributed by atoms with E-state index >= 15 is 0 Å². The van der Waals surface area contributed by atoms with E-state index in [2.05, 4.69) is 0 Å². The SMILES string of the molecule is CC(C)[C@@H](CC(=O)N1CCC2(S(=O)(=O)c3cccc(F)c3)c3ccc(C(F)(C(F)(F)F)C(F)(F)F)cc3CCC12)C(=O)O. The Hall–Kier alpha value is -3.23. The highest BCUT2D eigenvalue weighted by Gasteiger charge is 2.74. The summed E-state index contributed by atoms with van der Waals surface area (Å²) < 4.78 is 137. The van der Waals surface area contributed by atoms with Crippen molar-refractivity contribution in [3.8, 4) is 0 Å². The summed E-state index contributed by atoms with van der Waals surface area (Å²) in [5, 5.41) is 9.57. The van der Waals surface area contributed by atoms with Crippen LogP contribution in [0.15, 0.2) is 47.4 Å². The number of carbonyl (C=O) groups is 2. The number of carboxylic acid groups (broad SMARTS) is 1. The Balaban J connectivity index is 1.91. The lowest BCUT2D eigenvalue weighted by molar-refractivity contribution is -0.348. The van der Waals surface area contributed by atoms with E-state index in [-0.39, 0.29) is 43.0 Å². The van der Waals surface area contributed by atoms with Crippen LogP contribution in [0.3, 0.4) is 0 Å². The molecule has 236 valence electrons. The molecule has 6 nitrogen and oxygen atoms in total. The van der Waals surface area contributed by atoms with Crippen molar-refractivity contribution in [2.75, 3.05) is 6.54 Å². The van der Waals surface area contributed by atoms with Crippen molar-refractivity contribution >= 4 is 21.7 Å². The number of hydrogen-bond acceptors (Lipinski definition) is 4. The van der Waals surface area contributed by atoms with E-state index in [1.54, 1.807) is 13.8 Å². The molecule has 0 saturated carbocycles. The van der Waals surface area contributed by atoms with E-state index in [4.69, 9.17) is 0 Å². The Morgan fingerprint density at radius 3 is 2.19 bits per heavy atom. The summed E-state index contributed by atoms with van der Waals surface area (Å²) in [5.41, 5.74) is -8.07. The van der Waals surface area contributed by atoms with Gasteiger partial charge in [-0.15, -0.1) is 0 Å². The van der Waals surface area contributed by atoms with Crippen LogP contribution in [0.4, 0.5) is 35.1 Å². The Bertz CT molecular complexity index is 1520. The van der Waals surface area contributed by atoms with Gasteiger partial charge in [0.05, 0.1) is 16.9 Å². The molecule has 0 aromatic heterocycles. The Morgan fingerprint density at radius 1 is 1.02 bits per heavy atom. The van der Waals surface area contributed by atoms with Crippen molar-refractivity contribution in [2.45, 2.75) is 73.2 Å². The number of amides is 1. The first-order valence-electron chi connectivity index (χ1n) is 13.2. The van der Waals surface area contributed by atoms with E-state index in [1.165, 1.54) is 0 Å². The van der Waals surface area contributed by atoms with Gasteiger partial charge in [-0.25, -0.2) is 17.2 Å². The summed E-state index contributed by atoms with van der Waals surface area (Å²) in [7, 11) is -4.72. The third kappa shape index (κ3) is 5.06. The second-order valence-electron chi connectivity index (χ2n) is 11.2. The van der Waals surface area contributed by atoms with Gasteiger partial charge in [0.2, 0.25) is 5.91 Å². The van der Waals surface area contributed by atoms with Crippen LogP contribution in [0, 0.1) is 17.7 Å². The molecule has 0 radical (unpaired) electrons. The fourth-order valence-electron chi connectivity index (χ4n) is 6.29. The lowest BCUT2D eigenvalue weighted by Crippen LogP contribution is -2.53. The summed E-state index contributed by atoms with van der Waals surface area (Å²) in [5.74, 6) is -4.50. The number of alkyl halides is 7. The molecule has 4 rings (SSSR count). The molecule has 1 heterocycles. The van der Waals surface area contributed by atoms with Crippen molar-refractivity contribution in [3.05, 3.63) is 65.0 Å². The lowest BCUT2D eigenvalue weighted by atomic mass is 9.76. The van der Waals surface area contributed by atoms with Crippen molar-refractivity contribution in [3.63, 3.8) is 0 Å². The minimum absolute atomic E-state index is 0.231. The number of likely N-dealkylation sites (tertiary alicyclic amines) is 1. The monoisotopic (exact) mass is 641 g/mol. The number of rotatable bonds is 7. The van der Waals surface area contributed by atoms with Gasteiger partial charge >= 0.3 is 24.0 Å². The second kappa shape index (κ2) is 10.7. The van der Waals surface area contributed by atoms with Crippen molar-refractivity contribution in [2.24, 2.45) is 11.8 Å². The molecule has 1 saturated heterocycles. The molecule has 1 amide bonds. The molecule has 15 heteroatoms. The van der Waals surface area contributed by atoms with Crippen molar-refractivity contribution in [1.29, 1.82) is 0 Å². The van der Waals surface area contributed by atoms with E-state index in [9.17, 15) is 58.2 Å². The van der Waals surface area contributed by atoms with Crippen LogP contribution in [0.2, 0.25) is 0 Å². The van der Waals surface area contributed by atoms with Gasteiger partial charge in [0.25, 0.3) is 0 Å². The number of aryl methyl sites for hydroxylation is 1. The molecule has 1 aliphatic heterocycles. The van der Waals surface area contributed by atoms with E-state index in [0.717, 1.165) is 23.1 Å². The molecule has 2 aliphatic rings. The number of carboxylic acids is 1. The van der Waals surface area contributed by atoms with Crippen LogP contribution >= 0.6 is 0 Å². The van der Waals surface area contributed by atoms with Gasteiger partial charge < -0.3 is 10.0 Å². The number of carbonyl (C=O) groups excluding carboxylic acids is 1. The predicted molar refractivity (Wildman–Crippen MR) is 136 cm³/mol. The van der Waals surface area contributed by atoms with Crippen LogP contribution in [-0.4, -0.2) is 55.2 Å². The third-order valence-electron chi connectivity index (χ3n) is 8.49.